The molecule has 0 saturated carbocycles. The van der Waals surface area contributed by atoms with E-state index in [1.54, 1.807) is 0 Å². The Bertz CT molecular complexity index is 252. The second kappa shape index (κ2) is 6.20. The summed E-state index contributed by atoms with van der Waals surface area (Å²) in [5.74, 6) is -0.551. The Hall–Kier alpha value is -0.820. The highest BCUT2D eigenvalue weighted by molar-refractivity contribution is 5.80. The molecule has 0 unspecified atom stereocenters. The van der Waals surface area contributed by atoms with Gasteiger partial charge in [-0.2, -0.15) is 13.2 Å². The normalized spacial score (nSPS) is 22.5. The number of hydrogen-bond donors (Lipinski definition) is 1. The lowest BCUT2D eigenvalue weighted by atomic mass is 10.2. The first-order valence-corrected chi connectivity index (χ1v) is 5.46. The molecule has 1 fully saturated rings. The molecule has 4 nitrogen and oxygen atoms in total. The van der Waals surface area contributed by atoms with Crippen molar-refractivity contribution in [2.75, 3.05) is 19.8 Å². The molecule has 0 aromatic carbocycles. The van der Waals surface area contributed by atoms with Gasteiger partial charge in [-0.1, -0.05) is 0 Å². The number of alkyl halides is 3. The Morgan fingerprint density at radius 1 is 1.59 bits per heavy atom. The van der Waals surface area contributed by atoms with Gasteiger partial charge in [-0.25, -0.2) is 0 Å². The van der Waals surface area contributed by atoms with Crippen LogP contribution in [0.5, 0.6) is 0 Å². The first kappa shape index (κ1) is 14.2. The van der Waals surface area contributed by atoms with Gasteiger partial charge in [-0.15, -0.1) is 0 Å². The van der Waals surface area contributed by atoms with Crippen molar-refractivity contribution in [1.29, 1.82) is 0 Å². The Morgan fingerprint density at radius 2 is 2.29 bits per heavy atom. The molecule has 0 aliphatic carbocycles. The van der Waals surface area contributed by atoms with E-state index in [0.29, 0.717) is 13.2 Å². The molecule has 0 bridgehead atoms. The number of carbonyl (C=O) groups excluding carboxylic acids is 1. The van der Waals surface area contributed by atoms with Crippen LogP contribution in [-0.4, -0.2) is 44.0 Å². The van der Waals surface area contributed by atoms with Crippen LogP contribution >= 0.6 is 0 Å². The zero-order chi connectivity index (χ0) is 12.9. The molecule has 1 saturated heterocycles. The summed E-state index contributed by atoms with van der Waals surface area (Å²) in [6.07, 6.45) is -3.76. The number of halogens is 3. The van der Waals surface area contributed by atoms with Crippen LogP contribution < -0.4 is 5.32 Å². The van der Waals surface area contributed by atoms with E-state index in [4.69, 9.17) is 4.74 Å². The fraction of sp³-hybridized carbons (Fsp3) is 0.900. The molecule has 1 amide bonds. The van der Waals surface area contributed by atoms with Gasteiger partial charge in [-0.3, -0.25) is 4.79 Å². The van der Waals surface area contributed by atoms with Gasteiger partial charge in [0.1, 0.15) is 12.7 Å². The van der Waals surface area contributed by atoms with Gasteiger partial charge in [-0.05, 0) is 19.8 Å². The summed E-state index contributed by atoms with van der Waals surface area (Å²) in [7, 11) is 0. The minimum absolute atomic E-state index is 0.0335. The predicted molar refractivity (Wildman–Crippen MR) is 53.5 cm³/mol. The topological polar surface area (TPSA) is 47.6 Å². The fourth-order valence-electron chi connectivity index (χ4n) is 1.46. The van der Waals surface area contributed by atoms with Crippen LogP contribution in [0.2, 0.25) is 0 Å². The highest BCUT2D eigenvalue weighted by atomic mass is 19.4. The maximum atomic E-state index is 11.8. The molecule has 1 heterocycles. The van der Waals surface area contributed by atoms with E-state index in [1.807, 2.05) is 0 Å². The second-order valence-electron chi connectivity index (χ2n) is 3.95. The number of carbonyl (C=O) groups is 1. The molecule has 1 N–H and O–H groups in total. The van der Waals surface area contributed by atoms with Crippen LogP contribution in [0.25, 0.3) is 0 Å². The molecule has 2 atom stereocenters. The lowest BCUT2D eigenvalue weighted by Gasteiger charge is -2.16. The summed E-state index contributed by atoms with van der Waals surface area (Å²) >= 11 is 0. The third-order valence-corrected chi connectivity index (χ3v) is 2.39. The van der Waals surface area contributed by atoms with Gasteiger partial charge in [0.15, 0.2) is 0 Å². The average molecular weight is 255 g/mol. The van der Waals surface area contributed by atoms with Crippen molar-refractivity contribution in [3.8, 4) is 0 Å². The summed E-state index contributed by atoms with van der Waals surface area (Å²) in [6, 6.07) is 0. The minimum Gasteiger partial charge on any atom is -0.376 e. The quantitative estimate of drug-likeness (QED) is 0.804. The Balaban J connectivity index is 2.17. The fourth-order valence-corrected chi connectivity index (χ4v) is 1.46. The zero-order valence-corrected chi connectivity index (χ0v) is 9.55. The second-order valence-corrected chi connectivity index (χ2v) is 3.95. The van der Waals surface area contributed by atoms with Crippen LogP contribution in [0.1, 0.15) is 19.8 Å². The predicted octanol–water partition coefficient (Wildman–Crippen LogP) is 1.25. The molecule has 0 aromatic heterocycles. The molecular weight excluding hydrogens is 239 g/mol. The number of amides is 1. The standard InChI is InChI=1S/C10H16F3NO3/c1-7(17-6-10(11,12)13)9(15)14-5-8-3-2-4-16-8/h7-8H,2-6H2,1H3,(H,14,15)/t7-,8-/m0/s1. The maximum absolute atomic E-state index is 11.8. The average Bonchev–Trinajstić information content (AvgIpc) is 2.74. The summed E-state index contributed by atoms with van der Waals surface area (Å²) < 4.78 is 45.2. The molecule has 17 heavy (non-hydrogen) atoms. The van der Waals surface area contributed by atoms with E-state index in [1.165, 1.54) is 6.92 Å². The summed E-state index contributed by atoms with van der Waals surface area (Å²) in [6.45, 7) is 0.858. The molecule has 0 radical (unpaired) electrons. The van der Waals surface area contributed by atoms with Gasteiger partial charge >= 0.3 is 6.18 Å². The van der Waals surface area contributed by atoms with Crippen molar-refractivity contribution in [3.05, 3.63) is 0 Å². The minimum atomic E-state index is -4.41. The molecule has 1 aliphatic rings. The highest BCUT2D eigenvalue weighted by Crippen LogP contribution is 2.15. The van der Waals surface area contributed by atoms with E-state index >= 15 is 0 Å². The van der Waals surface area contributed by atoms with Gasteiger partial charge in [0.25, 0.3) is 0 Å². The van der Waals surface area contributed by atoms with Crippen molar-refractivity contribution >= 4 is 5.91 Å². The lowest BCUT2D eigenvalue weighted by molar-refractivity contribution is -0.185. The summed E-state index contributed by atoms with van der Waals surface area (Å²) in [5, 5.41) is 2.50. The van der Waals surface area contributed by atoms with E-state index in [9.17, 15) is 18.0 Å². The molecule has 100 valence electrons. The largest absolute Gasteiger partial charge is 0.411 e. The number of hydrogen-bond acceptors (Lipinski definition) is 3. The molecule has 7 heteroatoms. The van der Waals surface area contributed by atoms with Gasteiger partial charge in [0.2, 0.25) is 5.91 Å². The van der Waals surface area contributed by atoms with Crippen molar-refractivity contribution in [2.45, 2.75) is 38.1 Å². The van der Waals surface area contributed by atoms with Gasteiger partial charge < -0.3 is 14.8 Å². The molecule has 1 aliphatic heterocycles. The first-order valence-electron chi connectivity index (χ1n) is 5.46. The van der Waals surface area contributed by atoms with Gasteiger partial charge in [0, 0.05) is 13.2 Å². The zero-order valence-electron chi connectivity index (χ0n) is 9.55. The lowest BCUT2D eigenvalue weighted by Crippen LogP contribution is -2.40. The van der Waals surface area contributed by atoms with Crippen molar-refractivity contribution in [1.82, 2.24) is 5.32 Å². The van der Waals surface area contributed by atoms with Crippen LogP contribution in [0.15, 0.2) is 0 Å². The smallest absolute Gasteiger partial charge is 0.376 e. The van der Waals surface area contributed by atoms with Crippen LogP contribution in [0.3, 0.4) is 0 Å². The van der Waals surface area contributed by atoms with E-state index in [-0.39, 0.29) is 6.10 Å². The van der Waals surface area contributed by atoms with Crippen LogP contribution in [-0.2, 0) is 14.3 Å². The molecular formula is C10H16F3NO3. The number of ether oxygens (including phenoxy) is 2. The Morgan fingerprint density at radius 3 is 2.82 bits per heavy atom. The van der Waals surface area contributed by atoms with Crippen molar-refractivity contribution < 1.29 is 27.4 Å². The third-order valence-electron chi connectivity index (χ3n) is 2.39. The Labute approximate surface area is 97.5 Å². The van der Waals surface area contributed by atoms with Crippen LogP contribution in [0, 0.1) is 0 Å². The number of nitrogens with one attached hydrogen (secondary N) is 1. The highest BCUT2D eigenvalue weighted by Gasteiger charge is 2.30. The van der Waals surface area contributed by atoms with Crippen LogP contribution in [0.4, 0.5) is 13.2 Å². The summed E-state index contributed by atoms with van der Waals surface area (Å²) in [5.41, 5.74) is 0. The first-order chi connectivity index (χ1) is 7.88. The monoisotopic (exact) mass is 255 g/mol. The number of rotatable bonds is 5. The third kappa shape index (κ3) is 5.88. The van der Waals surface area contributed by atoms with Crippen molar-refractivity contribution in [3.63, 3.8) is 0 Å². The van der Waals surface area contributed by atoms with E-state index in [0.717, 1.165) is 12.8 Å². The molecule has 0 aromatic rings. The van der Waals surface area contributed by atoms with Gasteiger partial charge in [0.05, 0.1) is 6.10 Å². The van der Waals surface area contributed by atoms with E-state index in [2.05, 4.69) is 10.1 Å². The van der Waals surface area contributed by atoms with Crippen molar-refractivity contribution in [2.24, 2.45) is 0 Å². The maximum Gasteiger partial charge on any atom is 0.411 e. The Kier molecular flexibility index (Phi) is 5.20. The molecule has 0 spiro atoms. The summed E-state index contributed by atoms with van der Waals surface area (Å²) in [4.78, 5) is 11.4. The molecule has 1 rings (SSSR count). The van der Waals surface area contributed by atoms with E-state index < -0.39 is 24.8 Å². The SMILES string of the molecule is C[C@H](OCC(F)(F)F)C(=O)NC[C@@H]1CCCO1.